The molecule has 1 heterocycles. The second-order valence-electron chi connectivity index (χ2n) is 5.78. The molecular formula is C15H29NO2. The Bertz CT molecular complexity index is 211. The van der Waals surface area contributed by atoms with Crippen LogP contribution in [0.1, 0.15) is 51.9 Å². The molecule has 3 heteroatoms. The van der Waals surface area contributed by atoms with Crippen LogP contribution < -0.4 is 5.32 Å². The molecule has 0 radical (unpaired) electrons. The Labute approximate surface area is 112 Å². The minimum Gasteiger partial charge on any atom is -0.381 e. The second-order valence-corrected chi connectivity index (χ2v) is 5.78. The molecule has 0 aromatic rings. The summed E-state index contributed by atoms with van der Waals surface area (Å²) in [6.45, 7) is 6.03. The SMILES string of the molecule is CCCNC(COC1CCCCC1)C1CCOC1. The highest BCUT2D eigenvalue weighted by Crippen LogP contribution is 2.22. The molecule has 106 valence electrons. The summed E-state index contributed by atoms with van der Waals surface area (Å²) in [6, 6.07) is 0.495. The molecule has 1 aliphatic carbocycles. The molecule has 0 bridgehead atoms. The fourth-order valence-electron chi connectivity index (χ4n) is 3.03. The third kappa shape index (κ3) is 4.52. The Kier molecular flexibility index (Phi) is 6.46. The van der Waals surface area contributed by atoms with Gasteiger partial charge in [0.1, 0.15) is 0 Å². The average Bonchev–Trinajstić information content (AvgIpc) is 2.94. The van der Waals surface area contributed by atoms with E-state index >= 15 is 0 Å². The average molecular weight is 255 g/mol. The number of ether oxygens (including phenoxy) is 2. The molecule has 2 aliphatic rings. The molecule has 2 fully saturated rings. The quantitative estimate of drug-likeness (QED) is 0.759. The van der Waals surface area contributed by atoms with Gasteiger partial charge in [-0.25, -0.2) is 0 Å². The summed E-state index contributed by atoms with van der Waals surface area (Å²) in [5.74, 6) is 0.653. The van der Waals surface area contributed by atoms with E-state index in [9.17, 15) is 0 Å². The van der Waals surface area contributed by atoms with Crippen LogP contribution in [0.3, 0.4) is 0 Å². The molecule has 1 N–H and O–H groups in total. The number of rotatable bonds is 7. The first kappa shape index (κ1) is 14.3. The fourth-order valence-corrected chi connectivity index (χ4v) is 3.03. The van der Waals surface area contributed by atoms with Gasteiger partial charge in [-0.3, -0.25) is 0 Å². The molecule has 1 aliphatic heterocycles. The third-order valence-electron chi connectivity index (χ3n) is 4.25. The molecule has 2 atom stereocenters. The molecule has 2 rings (SSSR count). The van der Waals surface area contributed by atoms with Gasteiger partial charge in [0.25, 0.3) is 0 Å². The predicted octanol–water partition coefficient (Wildman–Crippen LogP) is 2.74. The normalized spacial score (nSPS) is 27.5. The molecule has 0 spiro atoms. The van der Waals surface area contributed by atoms with Crippen molar-refractivity contribution >= 4 is 0 Å². The molecule has 0 amide bonds. The number of nitrogens with one attached hydrogen (secondary N) is 1. The molecular weight excluding hydrogens is 226 g/mol. The highest BCUT2D eigenvalue weighted by Gasteiger charge is 2.26. The third-order valence-corrected chi connectivity index (χ3v) is 4.25. The Morgan fingerprint density at radius 3 is 2.72 bits per heavy atom. The molecule has 3 nitrogen and oxygen atoms in total. The van der Waals surface area contributed by atoms with Gasteiger partial charge in [-0.15, -0.1) is 0 Å². The fraction of sp³-hybridized carbons (Fsp3) is 1.00. The van der Waals surface area contributed by atoms with Gasteiger partial charge in [0.05, 0.1) is 19.3 Å². The Hall–Kier alpha value is -0.120. The van der Waals surface area contributed by atoms with Crippen LogP contribution in [0.4, 0.5) is 0 Å². The largest absolute Gasteiger partial charge is 0.381 e. The van der Waals surface area contributed by atoms with Gasteiger partial charge in [0.2, 0.25) is 0 Å². The first-order chi connectivity index (χ1) is 8.90. The summed E-state index contributed by atoms with van der Waals surface area (Å²) < 4.78 is 11.7. The maximum atomic E-state index is 6.14. The first-order valence-electron chi connectivity index (χ1n) is 7.83. The van der Waals surface area contributed by atoms with Gasteiger partial charge in [-0.05, 0) is 32.2 Å². The van der Waals surface area contributed by atoms with E-state index in [-0.39, 0.29) is 0 Å². The van der Waals surface area contributed by atoms with Crippen LogP contribution in [0.2, 0.25) is 0 Å². The van der Waals surface area contributed by atoms with E-state index in [0.717, 1.165) is 26.4 Å². The predicted molar refractivity (Wildman–Crippen MR) is 73.8 cm³/mol. The maximum Gasteiger partial charge on any atom is 0.0626 e. The monoisotopic (exact) mass is 255 g/mol. The standard InChI is InChI=1S/C15H29NO2/c1-2-9-16-15(13-8-10-17-11-13)12-18-14-6-4-3-5-7-14/h13-16H,2-12H2,1H3. The van der Waals surface area contributed by atoms with Gasteiger partial charge in [0.15, 0.2) is 0 Å². The van der Waals surface area contributed by atoms with Crippen molar-refractivity contribution in [2.24, 2.45) is 5.92 Å². The van der Waals surface area contributed by atoms with Crippen LogP contribution in [-0.2, 0) is 9.47 Å². The summed E-state index contributed by atoms with van der Waals surface area (Å²) in [6.07, 6.45) is 9.53. The summed E-state index contributed by atoms with van der Waals surface area (Å²) in [5, 5.41) is 3.65. The lowest BCUT2D eigenvalue weighted by Gasteiger charge is -2.28. The summed E-state index contributed by atoms with van der Waals surface area (Å²) in [7, 11) is 0. The van der Waals surface area contributed by atoms with Crippen LogP contribution in [0.25, 0.3) is 0 Å². The van der Waals surface area contributed by atoms with E-state index in [2.05, 4.69) is 12.2 Å². The van der Waals surface area contributed by atoms with E-state index in [0.29, 0.717) is 18.1 Å². The van der Waals surface area contributed by atoms with Gasteiger partial charge in [-0.1, -0.05) is 26.2 Å². The molecule has 2 unspecified atom stereocenters. The molecule has 0 aromatic heterocycles. The van der Waals surface area contributed by atoms with Crippen LogP contribution in [-0.4, -0.2) is 38.5 Å². The lowest BCUT2D eigenvalue weighted by atomic mass is 9.97. The van der Waals surface area contributed by atoms with Crippen molar-refractivity contribution in [2.45, 2.75) is 64.0 Å². The first-order valence-corrected chi connectivity index (χ1v) is 7.83. The molecule has 1 saturated heterocycles. The van der Waals surface area contributed by atoms with Crippen LogP contribution in [0, 0.1) is 5.92 Å². The van der Waals surface area contributed by atoms with Crippen molar-refractivity contribution in [3.63, 3.8) is 0 Å². The van der Waals surface area contributed by atoms with E-state index < -0.39 is 0 Å². The lowest BCUT2D eigenvalue weighted by Crippen LogP contribution is -2.42. The van der Waals surface area contributed by atoms with E-state index in [1.807, 2.05) is 0 Å². The summed E-state index contributed by atoms with van der Waals surface area (Å²) >= 11 is 0. The van der Waals surface area contributed by atoms with E-state index in [1.54, 1.807) is 0 Å². The van der Waals surface area contributed by atoms with Crippen molar-refractivity contribution in [1.82, 2.24) is 5.32 Å². The maximum absolute atomic E-state index is 6.14. The molecule has 18 heavy (non-hydrogen) atoms. The van der Waals surface area contributed by atoms with Gasteiger partial charge in [0, 0.05) is 18.6 Å². The van der Waals surface area contributed by atoms with Gasteiger partial charge in [-0.2, -0.15) is 0 Å². The van der Waals surface area contributed by atoms with Crippen molar-refractivity contribution in [2.75, 3.05) is 26.4 Å². The zero-order chi connectivity index (χ0) is 12.6. The number of hydrogen-bond acceptors (Lipinski definition) is 3. The smallest absolute Gasteiger partial charge is 0.0626 e. The molecule has 0 aromatic carbocycles. The minimum atomic E-state index is 0.495. The van der Waals surface area contributed by atoms with Gasteiger partial charge >= 0.3 is 0 Å². The van der Waals surface area contributed by atoms with Gasteiger partial charge < -0.3 is 14.8 Å². The Morgan fingerprint density at radius 1 is 1.22 bits per heavy atom. The zero-order valence-corrected chi connectivity index (χ0v) is 11.8. The topological polar surface area (TPSA) is 30.5 Å². The van der Waals surface area contributed by atoms with E-state index in [1.165, 1.54) is 44.9 Å². The van der Waals surface area contributed by atoms with Crippen LogP contribution in [0.5, 0.6) is 0 Å². The van der Waals surface area contributed by atoms with Crippen molar-refractivity contribution in [3.8, 4) is 0 Å². The second kappa shape index (κ2) is 8.13. The highest BCUT2D eigenvalue weighted by molar-refractivity contribution is 4.80. The number of hydrogen-bond donors (Lipinski definition) is 1. The summed E-state index contributed by atoms with van der Waals surface area (Å²) in [4.78, 5) is 0. The lowest BCUT2D eigenvalue weighted by molar-refractivity contribution is 0.00597. The zero-order valence-electron chi connectivity index (χ0n) is 11.8. The Morgan fingerprint density at radius 2 is 2.06 bits per heavy atom. The van der Waals surface area contributed by atoms with Crippen molar-refractivity contribution < 1.29 is 9.47 Å². The minimum absolute atomic E-state index is 0.495. The van der Waals surface area contributed by atoms with Crippen LogP contribution in [0.15, 0.2) is 0 Å². The Balaban J connectivity index is 1.72. The van der Waals surface area contributed by atoms with E-state index in [4.69, 9.17) is 9.47 Å². The molecule has 1 saturated carbocycles. The van der Waals surface area contributed by atoms with Crippen LogP contribution >= 0.6 is 0 Å². The summed E-state index contributed by atoms with van der Waals surface area (Å²) in [5.41, 5.74) is 0. The highest BCUT2D eigenvalue weighted by atomic mass is 16.5. The van der Waals surface area contributed by atoms with Crippen molar-refractivity contribution in [3.05, 3.63) is 0 Å². The van der Waals surface area contributed by atoms with Crippen molar-refractivity contribution in [1.29, 1.82) is 0 Å².